The van der Waals surface area contributed by atoms with Crippen LogP contribution >= 0.6 is 34.4 Å². The van der Waals surface area contributed by atoms with Crippen LogP contribution < -0.4 is 0 Å². The molecular formula is C21H19N5O2S3. The van der Waals surface area contributed by atoms with E-state index in [1.807, 2.05) is 47.5 Å². The molecule has 31 heavy (non-hydrogen) atoms. The van der Waals surface area contributed by atoms with Gasteiger partial charge in [-0.25, -0.2) is 5.01 Å². The van der Waals surface area contributed by atoms with Gasteiger partial charge in [-0.05, 0) is 35.9 Å². The number of carbonyl (C=O) groups is 1. The normalized spacial score (nSPS) is 16.1. The number of furan rings is 1. The molecule has 1 aliphatic rings. The maximum absolute atomic E-state index is 13.2. The van der Waals surface area contributed by atoms with Crippen LogP contribution in [0.25, 0.3) is 11.4 Å². The third kappa shape index (κ3) is 3.86. The smallest absolute Gasteiger partial charge is 0.253 e. The van der Waals surface area contributed by atoms with Gasteiger partial charge in [0.1, 0.15) is 5.76 Å². The maximum Gasteiger partial charge on any atom is 0.253 e. The van der Waals surface area contributed by atoms with Crippen molar-refractivity contribution in [3.8, 4) is 11.4 Å². The van der Waals surface area contributed by atoms with Crippen LogP contribution in [0.15, 0.2) is 62.0 Å². The topological polar surface area (TPSA) is 76.5 Å². The quantitative estimate of drug-likeness (QED) is 0.372. The number of amides is 1. The molecular weight excluding hydrogens is 450 g/mol. The first-order chi connectivity index (χ1) is 15.1. The second-order valence-corrected chi connectivity index (χ2v) is 9.91. The Morgan fingerprint density at radius 3 is 2.77 bits per heavy atom. The van der Waals surface area contributed by atoms with Gasteiger partial charge in [-0.15, -0.1) is 32.9 Å². The lowest BCUT2D eigenvalue weighted by Gasteiger charge is -2.20. The van der Waals surface area contributed by atoms with Crippen LogP contribution in [0, 0.1) is 6.92 Å². The van der Waals surface area contributed by atoms with Crippen LogP contribution in [-0.2, 0) is 11.8 Å². The number of hydrogen-bond acceptors (Lipinski definition) is 8. The number of nitrogens with zero attached hydrogens (tertiary/aromatic N) is 5. The minimum atomic E-state index is -0.0613. The number of aryl methyl sites for hydroxylation is 1. The van der Waals surface area contributed by atoms with Gasteiger partial charge in [-0.3, -0.25) is 4.79 Å². The van der Waals surface area contributed by atoms with Crippen molar-refractivity contribution in [2.24, 2.45) is 12.1 Å². The van der Waals surface area contributed by atoms with Crippen LogP contribution in [0.3, 0.4) is 0 Å². The number of thiophene rings is 2. The number of carbonyl (C=O) groups excluding carboxylic acids is 1. The number of hydrogen-bond donors (Lipinski definition) is 0. The summed E-state index contributed by atoms with van der Waals surface area (Å²) in [5.74, 6) is 1.70. The summed E-state index contributed by atoms with van der Waals surface area (Å²) in [7, 11) is 1.89. The molecule has 5 heterocycles. The number of rotatable bonds is 6. The summed E-state index contributed by atoms with van der Waals surface area (Å²) in [5.41, 5.74) is 1.86. The predicted molar refractivity (Wildman–Crippen MR) is 124 cm³/mol. The third-order valence-electron chi connectivity index (χ3n) is 5.10. The Morgan fingerprint density at radius 2 is 2.06 bits per heavy atom. The third-order valence-corrected chi connectivity index (χ3v) is 8.00. The molecule has 0 bridgehead atoms. The van der Waals surface area contributed by atoms with Gasteiger partial charge in [0.2, 0.25) is 0 Å². The van der Waals surface area contributed by atoms with Gasteiger partial charge in [-0.2, -0.15) is 5.10 Å². The number of aromatic nitrogens is 3. The zero-order chi connectivity index (χ0) is 21.4. The van der Waals surface area contributed by atoms with E-state index in [0.29, 0.717) is 5.16 Å². The molecule has 0 N–H and O–H groups in total. The molecule has 0 aliphatic carbocycles. The Labute approximate surface area is 191 Å². The van der Waals surface area contributed by atoms with Gasteiger partial charge in [0.05, 0.1) is 34.2 Å². The summed E-state index contributed by atoms with van der Waals surface area (Å²) >= 11 is 4.67. The fourth-order valence-corrected chi connectivity index (χ4v) is 5.82. The Balaban J connectivity index is 1.34. The van der Waals surface area contributed by atoms with Crippen molar-refractivity contribution in [1.29, 1.82) is 0 Å². The Bertz CT molecular complexity index is 1220. The molecule has 10 heteroatoms. The van der Waals surface area contributed by atoms with Crippen molar-refractivity contribution in [3.63, 3.8) is 0 Å². The number of thioether (sulfide) groups is 1. The Kier molecular flexibility index (Phi) is 5.51. The highest BCUT2D eigenvalue weighted by atomic mass is 32.2. The highest BCUT2D eigenvalue weighted by molar-refractivity contribution is 7.99. The average Bonchev–Trinajstić information content (AvgIpc) is 3.57. The van der Waals surface area contributed by atoms with E-state index in [1.54, 1.807) is 33.9 Å². The average molecular weight is 470 g/mol. The standard InChI is InChI=1S/C21H19N5O2S3/c1-13-14(7-8-28-13)20-22-23-21(25(20)2)31-12-19(27)26-16(18-6-4-10-30-18)11-15(24-26)17-5-3-9-29-17/h3-10,16H,11-12H2,1-2H3/t16-/m1/s1. The molecule has 158 valence electrons. The van der Waals surface area contributed by atoms with Crippen molar-refractivity contribution >= 4 is 46.1 Å². The van der Waals surface area contributed by atoms with Crippen LogP contribution in [0.4, 0.5) is 0 Å². The first-order valence-electron chi connectivity index (χ1n) is 9.65. The van der Waals surface area contributed by atoms with Crippen molar-refractivity contribution < 1.29 is 9.21 Å². The first kappa shape index (κ1) is 20.2. The van der Waals surface area contributed by atoms with Crippen LogP contribution in [0.5, 0.6) is 0 Å². The number of hydrazone groups is 1. The summed E-state index contributed by atoms with van der Waals surface area (Å²) in [6.45, 7) is 1.89. The molecule has 1 atom stereocenters. The van der Waals surface area contributed by atoms with E-state index in [9.17, 15) is 4.79 Å². The lowest BCUT2D eigenvalue weighted by Crippen LogP contribution is -2.28. The molecule has 0 saturated carbocycles. The van der Waals surface area contributed by atoms with Crippen LogP contribution in [-0.4, -0.2) is 37.1 Å². The zero-order valence-corrected chi connectivity index (χ0v) is 19.3. The van der Waals surface area contributed by atoms with Crippen molar-refractivity contribution in [2.75, 3.05) is 5.75 Å². The van der Waals surface area contributed by atoms with Gasteiger partial charge in [0.25, 0.3) is 5.91 Å². The largest absolute Gasteiger partial charge is 0.469 e. The highest BCUT2D eigenvalue weighted by Gasteiger charge is 2.34. The molecule has 7 nitrogen and oxygen atoms in total. The van der Waals surface area contributed by atoms with E-state index in [-0.39, 0.29) is 17.7 Å². The molecule has 0 spiro atoms. The maximum atomic E-state index is 13.2. The Morgan fingerprint density at radius 1 is 1.23 bits per heavy atom. The van der Waals surface area contributed by atoms with E-state index < -0.39 is 0 Å². The lowest BCUT2D eigenvalue weighted by atomic mass is 10.1. The molecule has 5 rings (SSSR count). The van der Waals surface area contributed by atoms with E-state index >= 15 is 0 Å². The molecule has 4 aromatic rings. The summed E-state index contributed by atoms with van der Waals surface area (Å²) in [5, 5.41) is 19.6. The fourth-order valence-electron chi connectivity index (χ4n) is 3.52. The zero-order valence-electron chi connectivity index (χ0n) is 16.9. The molecule has 1 amide bonds. The van der Waals surface area contributed by atoms with E-state index in [0.717, 1.165) is 39.0 Å². The SMILES string of the molecule is Cc1occc1-c1nnc(SCC(=O)N2N=C(c3cccs3)C[C@@H]2c2cccs2)n1C. The summed E-state index contributed by atoms with van der Waals surface area (Å²) < 4.78 is 7.26. The van der Waals surface area contributed by atoms with E-state index in [4.69, 9.17) is 9.52 Å². The van der Waals surface area contributed by atoms with Crippen molar-refractivity contribution in [2.45, 2.75) is 24.5 Å². The summed E-state index contributed by atoms with van der Waals surface area (Å²) in [6, 6.07) is 9.95. The van der Waals surface area contributed by atoms with Crippen molar-refractivity contribution in [1.82, 2.24) is 19.8 Å². The fraction of sp³-hybridized carbons (Fsp3) is 0.238. The monoisotopic (exact) mass is 469 g/mol. The van der Waals surface area contributed by atoms with Gasteiger partial charge >= 0.3 is 0 Å². The summed E-state index contributed by atoms with van der Waals surface area (Å²) in [6.07, 6.45) is 2.36. The molecule has 0 saturated heterocycles. The second kappa shape index (κ2) is 8.45. The van der Waals surface area contributed by atoms with E-state index in [2.05, 4.69) is 22.3 Å². The molecule has 1 aliphatic heterocycles. The van der Waals surface area contributed by atoms with Crippen LogP contribution in [0.1, 0.15) is 28.0 Å². The Hall–Kier alpha value is -2.69. The van der Waals surface area contributed by atoms with Crippen LogP contribution in [0.2, 0.25) is 0 Å². The lowest BCUT2D eigenvalue weighted by molar-refractivity contribution is -0.130. The molecule has 0 aromatic carbocycles. The minimum absolute atomic E-state index is 0.0426. The van der Waals surface area contributed by atoms with Gasteiger partial charge < -0.3 is 8.98 Å². The van der Waals surface area contributed by atoms with Crippen molar-refractivity contribution in [3.05, 3.63) is 62.9 Å². The van der Waals surface area contributed by atoms with Gasteiger partial charge in [-0.1, -0.05) is 23.9 Å². The van der Waals surface area contributed by atoms with E-state index in [1.165, 1.54) is 11.8 Å². The second-order valence-electron chi connectivity index (χ2n) is 7.04. The summed E-state index contributed by atoms with van der Waals surface area (Å²) in [4.78, 5) is 15.4. The molecule has 4 aromatic heterocycles. The predicted octanol–water partition coefficient (Wildman–Crippen LogP) is 4.98. The highest BCUT2D eigenvalue weighted by Crippen LogP contribution is 2.36. The first-order valence-corrected chi connectivity index (χ1v) is 12.4. The van der Waals surface area contributed by atoms with Gasteiger partial charge in [0.15, 0.2) is 11.0 Å². The minimum Gasteiger partial charge on any atom is -0.469 e. The molecule has 0 unspecified atom stereocenters. The molecule has 0 fully saturated rings. The molecule has 0 radical (unpaired) electrons. The van der Waals surface area contributed by atoms with Gasteiger partial charge in [0, 0.05) is 18.3 Å².